The molecule has 1 aromatic rings. The summed E-state index contributed by atoms with van der Waals surface area (Å²) in [5.74, 6) is 0.199. The van der Waals surface area contributed by atoms with Crippen LogP contribution in [0.4, 0.5) is 0 Å². The standard InChI is InChI=1S/C16H21NO2/c1-13(2)16(18)12-15(14-6-4-3-5-7-14)17-8-10-19-11-9-17/h3-7,12-13H,8-11H2,1-2H3/b15-12-. The minimum atomic E-state index is 0.0275. The fourth-order valence-electron chi connectivity index (χ4n) is 2.07. The van der Waals surface area contributed by atoms with E-state index in [9.17, 15) is 4.79 Å². The van der Waals surface area contributed by atoms with Crippen LogP contribution in [0.3, 0.4) is 0 Å². The summed E-state index contributed by atoms with van der Waals surface area (Å²) in [6.45, 7) is 6.99. The molecule has 1 aliphatic heterocycles. The zero-order chi connectivity index (χ0) is 13.7. The van der Waals surface area contributed by atoms with Crippen molar-refractivity contribution in [1.82, 2.24) is 4.90 Å². The maximum atomic E-state index is 12.0. The van der Waals surface area contributed by atoms with Gasteiger partial charge in [-0.2, -0.15) is 0 Å². The van der Waals surface area contributed by atoms with Gasteiger partial charge in [0.2, 0.25) is 0 Å². The highest BCUT2D eigenvalue weighted by atomic mass is 16.5. The Morgan fingerprint density at radius 3 is 2.42 bits per heavy atom. The van der Waals surface area contributed by atoms with Crippen LogP contribution in [-0.2, 0) is 9.53 Å². The Labute approximate surface area is 114 Å². The molecular formula is C16H21NO2. The second-order valence-corrected chi connectivity index (χ2v) is 5.05. The molecule has 0 N–H and O–H groups in total. The zero-order valence-electron chi connectivity index (χ0n) is 11.6. The Morgan fingerprint density at radius 2 is 1.84 bits per heavy atom. The van der Waals surface area contributed by atoms with Gasteiger partial charge < -0.3 is 9.64 Å². The summed E-state index contributed by atoms with van der Waals surface area (Å²) in [6, 6.07) is 10.1. The van der Waals surface area contributed by atoms with Crippen molar-refractivity contribution in [1.29, 1.82) is 0 Å². The van der Waals surface area contributed by atoms with Crippen molar-refractivity contribution in [2.24, 2.45) is 5.92 Å². The molecule has 3 nitrogen and oxygen atoms in total. The molecule has 102 valence electrons. The van der Waals surface area contributed by atoms with Crippen LogP contribution in [0, 0.1) is 5.92 Å². The molecule has 1 aliphatic rings. The summed E-state index contributed by atoms with van der Waals surface area (Å²) >= 11 is 0. The van der Waals surface area contributed by atoms with Gasteiger partial charge in [-0.1, -0.05) is 44.2 Å². The number of benzene rings is 1. The molecule has 0 radical (unpaired) electrons. The van der Waals surface area contributed by atoms with E-state index in [1.807, 2.05) is 32.0 Å². The molecular weight excluding hydrogens is 238 g/mol. The van der Waals surface area contributed by atoms with Gasteiger partial charge >= 0.3 is 0 Å². The van der Waals surface area contributed by atoms with Crippen LogP contribution >= 0.6 is 0 Å². The van der Waals surface area contributed by atoms with E-state index in [1.54, 1.807) is 6.08 Å². The molecule has 0 aliphatic carbocycles. The van der Waals surface area contributed by atoms with Crippen molar-refractivity contribution in [3.8, 4) is 0 Å². The van der Waals surface area contributed by atoms with Gasteiger partial charge in [-0.25, -0.2) is 0 Å². The summed E-state index contributed by atoms with van der Waals surface area (Å²) in [5.41, 5.74) is 2.11. The lowest BCUT2D eigenvalue weighted by Gasteiger charge is -2.31. The van der Waals surface area contributed by atoms with Crippen molar-refractivity contribution >= 4 is 11.5 Å². The molecule has 3 heteroatoms. The number of morpholine rings is 1. The predicted molar refractivity (Wildman–Crippen MR) is 76.7 cm³/mol. The number of nitrogens with zero attached hydrogens (tertiary/aromatic N) is 1. The third-order valence-electron chi connectivity index (χ3n) is 3.27. The molecule has 0 amide bonds. The Balaban J connectivity index is 2.30. The number of hydrogen-bond donors (Lipinski definition) is 0. The average Bonchev–Trinajstić information content (AvgIpc) is 2.46. The molecule has 0 spiro atoms. The number of ketones is 1. The van der Waals surface area contributed by atoms with Crippen molar-refractivity contribution < 1.29 is 9.53 Å². The van der Waals surface area contributed by atoms with Gasteiger partial charge in [-0.15, -0.1) is 0 Å². The van der Waals surface area contributed by atoms with Crippen molar-refractivity contribution in [2.45, 2.75) is 13.8 Å². The lowest BCUT2D eigenvalue weighted by atomic mass is 10.0. The monoisotopic (exact) mass is 259 g/mol. The second-order valence-electron chi connectivity index (χ2n) is 5.05. The van der Waals surface area contributed by atoms with Gasteiger partial charge in [0.15, 0.2) is 5.78 Å². The highest BCUT2D eigenvalue weighted by Gasteiger charge is 2.17. The SMILES string of the molecule is CC(C)C(=O)/C=C(/c1ccccc1)N1CCOCC1. The maximum Gasteiger partial charge on any atom is 0.160 e. The van der Waals surface area contributed by atoms with Crippen LogP contribution in [0.2, 0.25) is 0 Å². The number of ether oxygens (including phenoxy) is 1. The summed E-state index contributed by atoms with van der Waals surface area (Å²) in [4.78, 5) is 14.3. The number of carbonyl (C=O) groups excluding carboxylic acids is 1. The van der Waals surface area contributed by atoms with Crippen LogP contribution < -0.4 is 0 Å². The first-order valence-corrected chi connectivity index (χ1v) is 6.82. The van der Waals surface area contributed by atoms with Crippen molar-refractivity contribution in [3.63, 3.8) is 0 Å². The average molecular weight is 259 g/mol. The van der Waals surface area contributed by atoms with Gasteiger partial charge in [0.25, 0.3) is 0 Å². The first kappa shape index (κ1) is 13.8. The van der Waals surface area contributed by atoms with E-state index in [-0.39, 0.29) is 11.7 Å². The van der Waals surface area contributed by atoms with E-state index in [4.69, 9.17) is 4.74 Å². The predicted octanol–water partition coefficient (Wildman–Crippen LogP) is 2.58. The lowest BCUT2D eigenvalue weighted by Crippen LogP contribution is -2.35. The fourth-order valence-corrected chi connectivity index (χ4v) is 2.07. The minimum absolute atomic E-state index is 0.0275. The van der Waals surface area contributed by atoms with Crippen molar-refractivity contribution in [2.75, 3.05) is 26.3 Å². The summed E-state index contributed by atoms with van der Waals surface area (Å²) < 4.78 is 5.38. The van der Waals surface area contributed by atoms with Gasteiger partial charge in [0.1, 0.15) is 0 Å². The van der Waals surface area contributed by atoms with E-state index in [0.717, 1.165) is 37.6 Å². The number of hydrogen-bond acceptors (Lipinski definition) is 3. The Kier molecular flexibility index (Phi) is 4.74. The molecule has 0 bridgehead atoms. The molecule has 0 atom stereocenters. The van der Waals surface area contributed by atoms with Gasteiger partial charge in [-0.05, 0) is 5.56 Å². The summed E-state index contributed by atoms with van der Waals surface area (Å²) in [5, 5.41) is 0. The fraction of sp³-hybridized carbons (Fsp3) is 0.438. The molecule has 1 saturated heterocycles. The van der Waals surface area contributed by atoms with Crippen LogP contribution in [0.15, 0.2) is 36.4 Å². The first-order chi connectivity index (χ1) is 9.18. The van der Waals surface area contributed by atoms with Crippen LogP contribution in [0.25, 0.3) is 5.70 Å². The normalized spacial score (nSPS) is 16.8. The molecule has 1 aromatic carbocycles. The highest BCUT2D eigenvalue weighted by Crippen LogP contribution is 2.21. The van der Waals surface area contributed by atoms with E-state index in [2.05, 4.69) is 17.0 Å². The smallest absolute Gasteiger partial charge is 0.160 e. The maximum absolute atomic E-state index is 12.0. The minimum Gasteiger partial charge on any atom is -0.378 e. The Morgan fingerprint density at radius 1 is 1.21 bits per heavy atom. The zero-order valence-corrected chi connectivity index (χ0v) is 11.6. The summed E-state index contributed by atoms with van der Waals surface area (Å²) in [7, 11) is 0. The van der Waals surface area contributed by atoms with Crippen LogP contribution in [0.1, 0.15) is 19.4 Å². The van der Waals surface area contributed by atoms with Gasteiger partial charge in [-0.3, -0.25) is 4.79 Å². The van der Waals surface area contributed by atoms with E-state index >= 15 is 0 Å². The summed E-state index contributed by atoms with van der Waals surface area (Å²) in [6.07, 6.45) is 1.78. The molecule has 2 rings (SSSR count). The Bertz CT molecular complexity index is 445. The third-order valence-corrected chi connectivity index (χ3v) is 3.27. The van der Waals surface area contributed by atoms with E-state index in [0.29, 0.717) is 0 Å². The molecule has 1 fully saturated rings. The van der Waals surface area contributed by atoms with Gasteiger partial charge in [0.05, 0.1) is 13.2 Å². The van der Waals surface area contributed by atoms with Gasteiger partial charge in [0, 0.05) is 30.8 Å². The molecule has 0 aromatic heterocycles. The van der Waals surface area contributed by atoms with E-state index < -0.39 is 0 Å². The Hall–Kier alpha value is -1.61. The number of carbonyl (C=O) groups is 1. The first-order valence-electron chi connectivity index (χ1n) is 6.82. The molecule has 0 unspecified atom stereocenters. The quantitative estimate of drug-likeness (QED) is 0.778. The van der Waals surface area contributed by atoms with Crippen molar-refractivity contribution in [3.05, 3.63) is 42.0 Å². The highest BCUT2D eigenvalue weighted by molar-refractivity contribution is 5.97. The third kappa shape index (κ3) is 3.67. The molecule has 19 heavy (non-hydrogen) atoms. The van der Waals surface area contributed by atoms with Crippen LogP contribution in [0.5, 0.6) is 0 Å². The second kappa shape index (κ2) is 6.53. The lowest BCUT2D eigenvalue weighted by molar-refractivity contribution is -0.117. The van der Waals surface area contributed by atoms with E-state index in [1.165, 1.54) is 0 Å². The molecule has 0 saturated carbocycles. The largest absolute Gasteiger partial charge is 0.378 e. The number of allylic oxidation sites excluding steroid dienone is 1. The molecule has 1 heterocycles. The number of rotatable bonds is 4. The topological polar surface area (TPSA) is 29.5 Å². The van der Waals surface area contributed by atoms with Crippen LogP contribution in [-0.4, -0.2) is 37.0 Å².